The van der Waals surface area contributed by atoms with Gasteiger partial charge in [0.2, 0.25) is 0 Å². The quantitative estimate of drug-likeness (QED) is 0.899. The van der Waals surface area contributed by atoms with Crippen molar-refractivity contribution in [3.63, 3.8) is 0 Å². The highest BCUT2D eigenvalue weighted by atomic mass is 35.5. The van der Waals surface area contributed by atoms with Crippen molar-refractivity contribution >= 4 is 17.5 Å². The van der Waals surface area contributed by atoms with Gasteiger partial charge in [0.15, 0.2) is 0 Å². The average molecular weight is 311 g/mol. The normalized spacial score (nSPS) is 20.9. The molecule has 2 N–H and O–H groups in total. The topological polar surface area (TPSA) is 50.4 Å². The molecule has 1 aromatic rings. The molecule has 1 heterocycles. The number of piperidine rings is 1. The van der Waals surface area contributed by atoms with E-state index in [0.717, 1.165) is 6.54 Å². The van der Waals surface area contributed by atoms with Crippen molar-refractivity contribution in [2.45, 2.75) is 32.7 Å². The Bertz CT molecular complexity index is 517. The molecule has 1 atom stereocenters. The first-order valence-corrected chi connectivity index (χ1v) is 7.67. The minimum absolute atomic E-state index is 0.133. The molecule has 4 nitrogen and oxygen atoms in total. The van der Waals surface area contributed by atoms with E-state index in [1.807, 2.05) is 0 Å². The molecule has 1 aliphatic heterocycles. The number of hydrogen-bond donors (Lipinski definition) is 2. The van der Waals surface area contributed by atoms with E-state index in [-0.39, 0.29) is 17.4 Å². The van der Waals surface area contributed by atoms with Crippen molar-refractivity contribution in [1.82, 2.24) is 10.6 Å². The summed E-state index contributed by atoms with van der Waals surface area (Å²) < 4.78 is 5.22. The van der Waals surface area contributed by atoms with Crippen molar-refractivity contribution in [1.29, 1.82) is 0 Å². The van der Waals surface area contributed by atoms with Crippen LogP contribution >= 0.6 is 11.6 Å². The standard InChI is InChI=1S/C16H23ClN2O2/c1-16(2)7-4-8-18-14(16)10-19-15(20)12-6-5-11(17)9-13(12)21-3/h5-6,9,14,18H,4,7-8,10H2,1-3H3,(H,19,20). The Balaban J connectivity index is 2.02. The summed E-state index contributed by atoms with van der Waals surface area (Å²) in [6.07, 6.45) is 2.35. The molecule has 0 radical (unpaired) electrons. The van der Waals surface area contributed by atoms with Crippen LogP contribution in [0.4, 0.5) is 0 Å². The lowest BCUT2D eigenvalue weighted by atomic mass is 9.77. The summed E-state index contributed by atoms with van der Waals surface area (Å²) >= 11 is 5.91. The maximum Gasteiger partial charge on any atom is 0.255 e. The lowest BCUT2D eigenvalue weighted by Crippen LogP contribution is -2.52. The first-order valence-electron chi connectivity index (χ1n) is 7.29. The molecule has 0 aromatic heterocycles. The van der Waals surface area contributed by atoms with E-state index in [2.05, 4.69) is 24.5 Å². The Morgan fingerprint density at radius 1 is 1.52 bits per heavy atom. The summed E-state index contributed by atoms with van der Waals surface area (Å²) in [5, 5.41) is 7.03. The second kappa shape index (κ2) is 6.67. The van der Waals surface area contributed by atoms with E-state index in [1.165, 1.54) is 20.0 Å². The van der Waals surface area contributed by atoms with Gasteiger partial charge in [0.05, 0.1) is 12.7 Å². The molecule has 0 aliphatic carbocycles. The predicted molar refractivity (Wildman–Crippen MR) is 85.1 cm³/mol. The Hall–Kier alpha value is -1.26. The molecule has 1 unspecified atom stereocenters. The number of nitrogens with one attached hydrogen (secondary N) is 2. The lowest BCUT2D eigenvalue weighted by Gasteiger charge is -2.39. The molecule has 1 aromatic carbocycles. The number of rotatable bonds is 4. The van der Waals surface area contributed by atoms with Crippen LogP contribution in [0, 0.1) is 5.41 Å². The molecular formula is C16H23ClN2O2. The van der Waals surface area contributed by atoms with Gasteiger partial charge in [-0.05, 0) is 43.0 Å². The van der Waals surface area contributed by atoms with Crippen LogP contribution in [0.1, 0.15) is 37.0 Å². The molecule has 116 valence electrons. The van der Waals surface area contributed by atoms with Gasteiger partial charge in [0.25, 0.3) is 5.91 Å². The van der Waals surface area contributed by atoms with Crippen molar-refractivity contribution < 1.29 is 9.53 Å². The smallest absolute Gasteiger partial charge is 0.255 e. The Labute approximate surface area is 131 Å². The minimum atomic E-state index is -0.133. The van der Waals surface area contributed by atoms with Crippen LogP contribution in [-0.2, 0) is 0 Å². The van der Waals surface area contributed by atoms with Gasteiger partial charge in [-0.2, -0.15) is 0 Å². The number of carbonyl (C=O) groups excluding carboxylic acids is 1. The average Bonchev–Trinajstić information content (AvgIpc) is 2.45. The van der Waals surface area contributed by atoms with Crippen molar-refractivity contribution in [2.75, 3.05) is 20.2 Å². The molecule has 2 rings (SSSR count). The highest BCUT2D eigenvalue weighted by Gasteiger charge is 2.32. The van der Waals surface area contributed by atoms with Crippen LogP contribution in [0.3, 0.4) is 0 Å². The van der Waals surface area contributed by atoms with E-state index < -0.39 is 0 Å². The molecule has 0 bridgehead atoms. The molecular weight excluding hydrogens is 288 g/mol. The second-order valence-electron chi connectivity index (χ2n) is 6.15. The zero-order valence-corrected chi connectivity index (χ0v) is 13.6. The first kappa shape index (κ1) is 16.1. The predicted octanol–water partition coefficient (Wildman–Crippen LogP) is 2.86. The molecule has 21 heavy (non-hydrogen) atoms. The maximum absolute atomic E-state index is 12.3. The van der Waals surface area contributed by atoms with Crippen LogP contribution in [0.2, 0.25) is 5.02 Å². The van der Waals surface area contributed by atoms with E-state index in [4.69, 9.17) is 16.3 Å². The highest BCUT2D eigenvalue weighted by molar-refractivity contribution is 6.30. The van der Waals surface area contributed by atoms with Crippen LogP contribution in [-0.4, -0.2) is 32.1 Å². The lowest BCUT2D eigenvalue weighted by molar-refractivity contribution is 0.0926. The van der Waals surface area contributed by atoms with Gasteiger partial charge in [0, 0.05) is 17.6 Å². The Morgan fingerprint density at radius 2 is 2.29 bits per heavy atom. The zero-order valence-electron chi connectivity index (χ0n) is 12.8. The SMILES string of the molecule is COc1cc(Cl)ccc1C(=O)NCC1NCCCC1(C)C. The molecule has 1 amide bonds. The molecule has 0 saturated carbocycles. The fourth-order valence-electron chi connectivity index (χ4n) is 2.76. The second-order valence-corrected chi connectivity index (χ2v) is 6.59. The molecule has 5 heteroatoms. The Kier molecular flexibility index (Phi) is 5.12. The number of amides is 1. The van der Waals surface area contributed by atoms with E-state index in [1.54, 1.807) is 18.2 Å². The van der Waals surface area contributed by atoms with Gasteiger partial charge in [-0.15, -0.1) is 0 Å². The van der Waals surface area contributed by atoms with E-state index in [9.17, 15) is 4.79 Å². The summed E-state index contributed by atoms with van der Waals surface area (Å²) in [4.78, 5) is 12.3. The van der Waals surface area contributed by atoms with Crippen LogP contribution in [0.15, 0.2) is 18.2 Å². The van der Waals surface area contributed by atoms with Crippen molar-refractivity contribution in [2.24, 2.45) is 5.41 Å². The number of benzene rings is 1. The van der Waals surface area contributed by atoms with Crippen molar-refractivity contribution in [3.05, 3.63) is 28.8 Å². The number of methoxy groups -OCH3 is 1. The van der Waals surface area contributed by atoms with E-state index >= 15 is 0 Å². The van der Waals surface area contributed by atoms with Gasteiger partial charge in [0.1, 0.15) is 5.75 Å². The van der Waals surface area contributed by atoms with Crippen molar-refractivity contribution in [3.8, 4) is 5.75 Å². The van der Waals surface area contributed by atoms with Crippen LogP contribution in [0.25, 0.3) is 0 Å². The summed E-state index contributed by atoms with van der Waals surface area (Å²) in [5.41, 5.74) is 0.700. The summed E-state index contributed by atoms with van der Waals surface area (Å²) in [6, 6.07) is 5.32. The number of halogens is 1. The summed E-state index contributed by atoms with van der Waals surface area (Å²) in [7, 11) is 1.54. The fourth-order valence-corrected chi connectivity index (χ4v) is 2.92. The molecule has 1 fully saturated rings. The van der Waals surface area contributed by atoms with Gasteiger partial charge < -0.3 is 15.4 Å². The van der Waals surface area contributed by atoms with Crippen LogP contribution in [0.5, 0.6) is 5.75 Å². The van der Waals surface area contributed by atoms with Gasteiger partial charge in [-0.3, -0.25) is 4.79 Å². The van der Waals surface area contributed by atoms with Gasteiger partial charge in [-0.25, -0.2) is 0 Å². The molecule has 1 aliphatic rings. The summed E-state index contributed by atoms with van der Waals surface area (Å²) in [6.45, 7) is 6.09. The van der Waals surface area contributed by atoms with E-state index in [0.29, 0.717) is 22.9 Å². The largest absolute Gasteiger partial charge is 0.496 e. The number of carbonyl (C=O) groups is 1. The fraction of sp³-hybridized carbons (Fsp3) is 0.562. The summed E-state index contributed by atoms with van der Waals surface area (Å²) in [5.74, 6) is 0.363. The number of ether oxygens (including phenoxy) is 1. The first-order chi connectivity index (χ1) is 9.94. The third-order valence-corrected chi connectivity index (χ3v) is 4.44. The zero-order chi connectivity index (χ0) is 15.5. The minimum Gasteiger partial charge on any atom is -0.496 e. The third-order valence-electron chi connectivity index (χ3n) is 4.21. The monoisotopic (exact) mass is 310 g/mol. The third kappa shape index (κ3) is 3.89. The molecule has 0 spiro atoms. The highest BCUT2D eigenvalue weighted by Crippen LogP contribution is 2.30. The van der Waals surface area contributed by atoms with Gasteiger partial charge in [-0.1, -0.05) is 25.4 Å². The van der Waals surface area contributed by atoms with Crippen LogP contribution < -0.4 is 15.4 Å². The van der Waals surface area contributed by atoms with Gasteiger partial charge >= 0.3 is 0 Å². The maximum atomic E-state index is 12.3. The Morgan fingerprint density at radius 3 is 2.95 bits per heavy atom. The molecule has 1 saturated heterocycles. The number of hydrogen-bond acceptors (Lipinski definition) is 3.